The van der Waals surface area contributed by atoms with Gasteiger partial charge in [0.1, 0.15) is 0 Å². The molecule has 0 spiro atoms. The molecule has 4 heteroatoms. The van der Waals surface area contributed by atoms with Crippen molar-refractivity contribution < 1.29 is 15.3 Å². The van der Waals surface area contributed by atoms with Gasteiger partial charge in [-0.1, -0.05) is 13.8 Å². The molecule has 0 fully saturated rings. The number of aliphatic hydroxyl groups is 3. The number of hydrogen-bond acceptors (Lipinski definition) is 4. The summed E-state index contributed by atoms with van der Waals surface area (Å²) in [4.78, 5) is 0. The van der Waals surface area contributed by atoms with Gasteiger partial charge in [0.15, 0.2) is 0 Å². The van der Waals surface area contributed by atoms with Gasteiger partial charge >= 0.3 is 0 Å². The maximum Gasteiger partial charge on any atom is 0.0895 e. The van der Waals surface area contributed by atoms with Gasteiger partial charge in [-0.2, -0.15) is 0 Å². The van der Waals surface area contributed by atoms with Crippen LogP contribution in [0.2, 0.25) is 0 Å². The van der Waals surface area contributed by atoms with E-state index in [0.717, 1.165) is 0 Å². The van der Waals surface area contributed by atoms with Crippen molar-refractivity contribution >= 4 is 0 Å². The van der Waals surface area contributed by atoms with Crippen LogP contribution in [0.4, 0.5) is 0 Å². The van der Waals surface area contributed by atoms with Crippen LogP contribution in [0.25, 0.3) is 0 Å². The van der Waals surface area contributed by atoms with E-state index < -0.39 is 6.10 Å². The lowest BCUT2D eigenvalue weighted by Gasteiger charge is -2.21. The molecular formula is C8H19NO3. The van der Waals surface area contributed by atoms with Crippen molar-refractivity contribution in [2.75, 3.05) is 19.8 Å². The summed E-state index contributed by atoms with van der Waals surface area (Å²) in [5.74, 6) is 0.320. The smallest absolute Gasteiger partial charge is 0.0895 e. The highest BCUT2D eigenvalue weighted by Gasteiger charge is 2.12. The monoisotopic (exact) mass is 177 g/mol. The predicted molar refractivity (Wildman–Crippen MR) is 46.8 cm³/mol. The molecule has 12 heavy (non-hydrogen) atoms. The van der Waals surface area contributed by atoms with E-state index in [2.05, 4.69) is 5.32 Å². The molecule has 4 nitrogen and oxygen atoms in total. The van der Waals surface area contributed by atoms with Crippen LogP contribution in [0.3, 0.4) is 0 Å². The van der Waals surface area contributed by atoms with Gasteiger partial charge in [0, 0.05) is 12.6 Å². The number of hydrogen-bond donors (Lipinski definition) is 4. The molecule has 0 aromatic rings. The fourth-order valence-corrected chi connectivity index (χ4v) is 0.863. The largest absolute Gasteiger partial charge is 0.395 e. The number of nitrogens with one attached hydrogen (secondary N) is 1. The van der Waals surface area contributed by atoms with E-state index in [0.29, 0.717) is 12.5 Å². The second-order valence-corrected chi connectivity index (χ2v) is 3.28. The van der Waals surface area contributed by atoms with Gasteiger partial charge in [-0.3, -0.25) is 0 Å². The molecule has 0 amide bonds. The zero-order valence-corrected chi connectivity index (χ0v) is 7.70. The van der Waals surface area contributed by atoms with Crippen molar-refractivity contribution in [1.82, 2.24) is 5.32 Å². The Hall–Kier alpha value is -0.160. The lowest BCUT2D eigenvalue weighted by molar-refractivity contribution is 0.0857. The molecule has 2 unspecified atom stereocenters. The maximum absolute atomic E-state index is 8.99. The Morgan fingerprint density at radius 1 is 1.17 bits per heavy atom. The standard InChI is InChI=1S/C8H19NO3/c1-6(2)8(5-11)9-3-7(12)4-10/h6-12H,3-5H2,1-2H3. The summed E-state index contributed by atoms with van der Waals surface area (Å²) in [6.45, 7) is 4.09. The van der Waals surface area contributed by atoms with Crippen LogP contribution in [0.1, 0.15) is 13.8 Å². The molecule has 0 aliphatic heterocycles. The summed E-state index contributed by atoms with van der Waals surface area (Å²) < 4.78 is 0. The van der Waals surface area contributed by atoms with Crippen LogP contribution in [0, 0.1) is 5.92 Å². The Kier molecular flexibility index (Phi) is 6.28. The van der Waals surface area contributed by atoms with Gasteiger partial charge < -0.3 is 20.6 Å². The van der Waals surface area contributed by atoms with Crippen LogP contribution >= 0.6 is 0 Å². The lowest BCUT2D eigenvalue weighted by atomic mass is 10.1. The second kappa shape index (κ2) is 6.37. The molecule has 0 saturated carbocycles. The number of rotatable bonds is 6. The maximum atomic E-state index is 8.99. The minimum atomic E-state index is -0.738. The zero-order chi connectivity index (χ0) is 9.56. The summed E-state index contributed by atoms with van der Waals surface area (Å²) in [6, 6.07) is -0.00815. The Labute approximate surface area is 73.2 Å². The Morgan fingerprint density at radius 3 is 2.08 bits per heavy atom. The van der Waals surface area contributed by atoms with Gasteiger partial charge in [0.05, 0.1) is 19.3 Å². The molecule has 0 rings (SSSR count). The molecule has 0 aliphatic carbocycles. The highest BCUT2D eigenvalue weighted by molar-refractivity contribution is 4.70. The van der Waals surface area contributed by atoms with Crippen LogP contribution in [0.15, 0.2) is 0 Å². The Balaban J connectivity index is 3.58. The fraction of sp³-hybridized carbons (Fsp3) is 1.00. The second-order valence-electron chi connectivity index (χ2n) is 3.28. The van der Waals surface area contributed by atoms with Crippen LogP contribution < -0.4 is 5.32 Å². The summed E-state index contributed by atoms with van der Waals surface area (Å²) in [5.41, 5.74) is 0. The molecule has 0 aromatic carbocycles. The summed E-state index contributed by atoms with van der Waals surface area (Å²) in [7, 11) is 0. The molecule has 0 heterocycles. The van der Waals surface area contributed by atoms with Gasteiger partial charge in [0.25, 0.3) is 0 Å². The third-order valence-electron chi connectivity index (χ3n) is 1.83. The van der Waals surface area contributed by atoms with Crippen molar-refractivity contribution in [2.45, 2.75) is 26.0 Å². The van der Waals surface area contributed by atoms with Crippen molar-refractivity contribution in [1.29, 1.82) is 0 Å². The third-order valence-corrected chi connectivity index (χ3v) is 1.83. The molecule has 2 atom stereocenters. The quantitative estimate of drug-likeness (QED) is 0.417. The molecule has 4 N–H and O–H groups in total. The molecule has 0 aromatic heterocycles. The first-order chi connectivity index (χ1) is 5.61. The van der Waals surface area contributed by atoms with Crippen LogP contribution in [-0.2, 0) is 0 Å². The van der Waals surface area contributed by atoms with Crippen LogP contribution in [0.5, 0.6) is 0 Å². The summed E-state index contributed by atoms with van der Waals surface area (Å²) in [5, 5.41) is 29.3. The van der Waals surface area contributed by atoms with E-state index in [9.17, 15) is 0 Å². The van der Waals surface area contributed by atoms with E-state index in [1.165, 1.54) is 0 Å². The van der Waals surface area contributed by atoms with E-state index in [4.69, 9.17) is 15.3 Å². The minimum Gasteiger partial charge on any atom is -0.395 e. The number of aliphatic hydroxyl groups excluding tert-OH is 3. The van der Waals surface area contributed by atoms with E-state index in [1.54, 1.807) is 0 Å². The van der Waals surface area contributed by atoms with Gasteiger partial charge in [-0.05, 0) is 5.92 Å². The van der Waals surface area contributed by atoms with E-state index in [-0.39, 0.29) is 19.3 Å². The molecule has 0 aliphatic rings. The topological polar surface area (TPSA) is 72.7 Å². The highest BCUT2D eigenvalue weighted by atomic mass is 16.3. The Morgan fingerprint density at radius 2 is 1.75 bits per heavy atom. The molecule has 0 bridgehead atoms. The normalized spacial score (nSPS) is 16.5. The molecule has 0 radical (unpaired) electrons. The van der Waals surface area contributed by atoms with Gasteiger partial charge in [0.2, 0.25) is 0 Å². The van der Waals surface area contributed by atoms with Gasteiger partial charge in [-0.25, -0.2) is 0 Å². The molecular weight excluding hydrogens is 158 g/mol. The first-order valence-corrected chi connectivity index (χ1v) is 4.25. The fourth-order valence-electron chi connectivity index (χ4n) is 0.863. The van der Waals surface area contributed by atoms with Crippen molar-refractivity contribution in [3.63, 3.8) is 0 Å². The van der Waals surface area contributed by atoms with E-state index >= 15 is 0 Å². The Bertz CT molecular complexity index is 108. The third kappa shape index (κ3) is 4.66. The first kappa shape index (κ1) is 11.8. The summed E-state index contributed by atoms with van der Waals surface area (Å²) >= 11 is 0. The highest BCUT2D eigenvalue weighted by Crippen LogP contribution is 1.99. The summed E-state index contributed by atoms with van der Waals surface area (Å²) in [6.07, 6.45) is -0.738. The first-order valence-electron chi connectivity index (χ1n) is 4.25. The van der Waals surface area contributed by atoms with Crippen molar-refractivity contribution in [3.8, 4) is 0 Å². The average molecular weight is 177 g/mol. The van der Waals surface area contributed by atoms with Gasteiger partial charge in [-0.15, -0.1) is 0 Å². The predicted octanol–water partition coefficient (Wildman–Crippen LogP) is -1.05. The van der Waals surface area contributed by atoms with Crippen molar-refractivity contribution in [3.05, 3.63) is 0 Å². The SMILES string of the molecule is CC(C)C(CO)NCC(O)CO. The lowest BCUT2D eigenvalue weighted by Crippen LogP contribution is -2.42. The van der Waals surface area contributed by atoms with E-state index in [1.807, 2.05) is 13.8 Å². The zero-order valence-electron chi connectivity index (χ0n) is 7.70. The minimum absolute atomic E-state index is 0.00815. The average Bonchev–Trinajstić information content (AvgIpc) is 2.04. The van der Waals surface area contributed by atoms with Crippen molar-refractivity contribution in [2.24, 2.45) is 5.92 Å². The molecule has 74 valence electrons. The van der Waals surface area contributed by atoms with Crippen LogP contribution in [-0.4, -0.2) is 47.2 Å². The molecule has 0 saturated heterocycles.